The molecule has 0 spiro atoms. The van der Waals surface area contributed by atoms with Crippen LogP contribution >= 0.6 is 34.5 Å². The molecule has 0 aliphatic rings. The number of hydrogen-bond donors (Lipinski definition) is 1. The Morgan fingerprint density at radius 2 is 1.81 bits per heavy atom. The monoisotopic (exact) mass is 401 g/mol. The van der Waals surface area contributed by atoms with Crippen LogP contribution in [-0.4, -0.2) is 20.3 Å². The first-order valence-electron chi connectivity index (χ1n) is 7.84. The zero-order valence-electron chi connectivity index (χ0n) is 13.4. The predicted molar refractivity (Wildman–Crippen MR) is 107 cm³/mol. The van der Waals surface area contributed by atoms with Gasteiger partial charge in [-0.25, -0.2) is 4.98 Å². The highest BCUT2D eigenvalue weighted by Crippen LogP contribution is 2.35. The van der Waals surface area contributed by atoms with Gasteiger partial charge < -0.3 is 5.21 Å². The summed E-state index contributed by atoms with van der Waals surface area (Å²) in [5, 5.41) is 14.4. The SMILES string of the molecule is ON=C(Cc1c(Cl)cccc1Cl)c1c(-c2ccccc2)sc2nccn12. The van der Waals surface area contributed by atoms with Crippen LogP contribution in [0, 0.1) is 0 Å². The number of oxime groups is 1. The molecule has 2 heterocycles. The Bertz CT molecular complexity index is 1080. The molecule has 0 amide bonds. The summed E-state index contributed by atoms with van der Waals surface area (Å²) >= 11 is 14.2. The second-order valence-electron chi connectivity index (χ2n) is 5.65. The minimum absolute atomic E-state index is 0.304. The van der Waals surface area contributed by atoms with Crippen molar-refractivity contribution in [2.45, 2.75) is 6.42 Å². The van der Waals surface area contributed by atoms with E-state index in [4.69, 9.17) is 23.2 Å². The molecule has 0 saturated heterocycles. The van der Waals surface area contributed by atoms with E-state index >= 15 is 0 Å². The zero-order chi connectivity index (χ0) is 18.1. The van der Waals surface area contributed by atoms with Crippen LogP contribution in [-0.2, 0) is 6.42 Å². The first-order valence-corrected chi connectivity index (χ1v) is 9.41. The van der Waals surface area contributed by atoms with Crippen molar-refractivity contribution in [3.05, 3.63) is 82.2 Å². The molecule has 1 N–H and O–H groups in total. The van der Waals surface area contributed by atoms with Crippen molar-refractivity contribution >= 4 is 45.2 Å². The lowest BCUT2D eigenvalue weighted by Crippen LogP contribution is -2.10. The summed E-state index contributed by atoms with van der Waals surface area (Å²) < 4.78 is 1.92. The fourth-order valence-electron chi connectivity index (χ4n) is 2.87. The number of nitrogens with zero attached hydrogens (tertiary/aromatic N) is 3. The van der Waals surface area contributed by atoms with E-state index in [1.807, 2.05) is 40.9 Å². The number of imidazole rings is 1. The standard InChI is InChI=1S/C19H13Cl2N3OS/c20-14-7-4-8-15(21)13(14)11-16(23-25)17-18(12-5-2-1-3-6-12)26-19-22-9-10-24(17)19/h1-10,25H,11H2. The Kier molecular flexibility index (Phi) is 4.68. The fourth-order valence-corrected chi connectivity index (χ4v) is 4.52. The maximum absolute atomic E-state index is 9.78. The predicted octanol–water partition coefficient (Wildman–Crippen LogP) is 5.79. The van der Waals surface area contributed by atoms with E-state index in [1.54, 1.807) is 35.7 Å². The number of hydrogen-bond acceptors (Lipinski definition) is 4. The average Bonchev–Trinajstić information content (AvgIpc) is 3.24. The Morgan fingerprint density at radius 1 is 1.08 bits per heavy atom. The van der Waals surface area contributed by atoms with Crippen molar-refractivity contribution in [2.24, 2.45) is 5.16 Å². The zero-order valence-corrected chi connectivity index (χ0v) is 15.8. The third-order valence-corrected chi connectivity index (χ3v) is 5.92. The highest BCUT2D eigenvalue weighted by Gasteiger charge is 2.21. The summed E-state index contributed by atoms with van der Waals surface area (Å²) in [6.45, 7) is 0. The molecule has 0 unspecified atom stereocenters. The number of fused-ring (bicyclic) bond motifs is 1. The van der Waals surface area contributed by atoms with Gasteiger partial charge >= 0.3 is 0 Å². The van der Waals surface area contributed by atoms with E-state index in [2.05, 4.69) is 10.1 Å². The van der Waals surface area contributed by atoms with E-state index < -0.39 is 0 Å². The van der Waals surface area contributed by atoms with E-state index in [1.165, 1.54) is 0 Å². The van der Waals surface area contributed by atoms with Crippen LogP contribution < -0.4 is 0 Å². The van der Waals surface area contributed by atoms with Crippen molar-refractivity contribution in [3.8, 4) is 10.4 Å². The molecule has 0 saturated carbocycles. The van der Waals surface area contributed by atoms with Crippen molar-refractivity contribution in [1.29, 1.82) is 0 Å². The van der Waals surface area contributed by atoms with Gasteiger partial charge in [0, 0.05) is 28.9 Å². The van der Waals surface area contributed by atoms with Crippen LogP contribution in [0.2, 0.25) is 10.0 Å². The van der Waals surface area contributed by atoms with E-state index in [9.17, 15) is 5.21 Å². The van der Waals surface area contributed by atoms with Crippen LogP contribution in [0.5, 0.6) is 0 Å². The summed E-state index contributed by atoms with van der Waals surface area (Å²) in [5.41, 5.74) is 3.02. The summed E-state index contributed by atoms with van der Waals surface area (Å²) in [4.78, 5) is 6.18. The van der Waals surface area contributed by atoms with E-state index in [0.717, 1.165) is 26.7 Å². The molecule has 0 fully saturated rings. The van der Waals surface area contributed by atoms with Crippen molar-refractivity contribution in [2.75, 3.05) is 0 Å². The minimum atomic E-state index is 0.304. The topological polar surface area (TPSA) is 49.9 Å². The molecule has 2 aromatic carbocycles. The molecular weight excluding hydrogens is 389 g/mol. The van der Waals surface area contributed by atoms with Crippen molar-refractivity contribution in [1.82, 2.24) is 9.38 Å². The normalized spacial score (nSPS) is 12.0. The molecule has 0 atom stereocenters. The maximum Gasteiger partial charge on any atom is 0.194 e. The van der Waals surface area contributed by atoms with Gasteiger partial charge in [-0.05, 0) is 23.3 Å². The molecule has 0 bridgehead atoms. The molecule has 0 aliphatic heterocycles. The van der Waals surface area contributed by atoms with Crippen LogP contribution in [0.15, 0.2) is 66.1 Å². The first-order chi connectivity index (χ1) is 12.7. The van der Waals surface area contributed by atoms with Crippen LogP contribution in [0.3, 0.4) is 0 Å². The van der Waals surface area contributed by atoms with Crippen molar-refractivity contribution in [3.63, 3.8) is 0 Å². The molecule has 4 rings (SSSR count). The van der Waals surface area contributed by atoms with Gasteiger partial charge in [0.1, 0.15) is 5.71 Å². The summed E-state index contributed by atoms with van der Waals surface area (Å²) in [6, 6.07) is 15.3. The van der Waals surface area contributed by atoms with Crippen LogP contribution in [0.1, 0.15) is 11.3 Å². The van der Waals surface area contributed by atoms with Crippen LogP contribution in [0.25, 0.3) is 15.4 Å². The Morgan fingerprint density at radius 3 is 2.50 bits per heavy atom. The average molecular weight is 402 g/mol. The third-order valence-electron chi connectivity index (χ3n) is 4.09. The summed E-state index contributed by atoms with van der Waals surface area (Å²) in [7, 11) is 0. The van der Waals surface area contributed by atoms with Crippen LogP contribution in [0.4, 0.5) is 0 Å². The molecule has 0 radical (unpaired) electrons. The Labute approximate surface area is 164 Å². The lowest BCUT2D eigenvalue weighted by Gasteiger charge is -2.10. The minimum Gasteiger partial charge on any atom is -0.411 e. The number of halogens is 2. The molecule has 4 aromatic rings. The van der Waals surface area contributed by atoms with Gasteiger partial charge in [-0.3, -0.25) is 4.40 Å². The number of thiazole rings is 1. The number of rotatable bonds is 4. The van der Waals surface area contributed by atoms with Gasteiger partial charge in [-0.2, -0.15) is 0 Å². The number of benzene rings is 2. The highest BCUT2D eigenvalue weighted by molar-refractivity contribution is 7.20. The summed E-state index contributed by atoms with van der Waals surface area (Å²) in [5.74, 6) is 0. The van der Waals surface area contributed by atoms with Gasteiger partial charge in [0.2, 0.25) is 0 Å². The van der Waals surface area contributed by atoms with Gasteiger partial charge in [-0.15, -0.1) is 0 Å². The molecule has 0 aliphatic carbocycles. The smallest absolute Gasteiger partial charge is 0.194 e. The number of aromatic nitrogens is 2. The molecule has 130 valence electrons. The van der Waals surface area contributed by atoms with E-state index in [0.29, 0.717) is 22.2 Å². The molecular formula is C19H13Cl2N3OS. The second kappa shape index (κ2) is 7.11. The van der Waals surface area contributed by atoms with Gasteiger partial charge in [0.05, 0.1) is 10.6 Å². The molecule has 4 nitrogen and oxygen atoms in total. The highest BCUT2D eigenvalue weighted by atomic mass is 35.5. The summed E-state index contributed by atoms with van der Waals surface area (Å²) in [6.07, 6.45) is 3.88. The van der Waals surface area contributed by atoms with Gasteiger partial charge in [-0.1, -0.05) is 76.1 Å². The Balaban J connectivity index is 1.88. The third kappa shape index (κ3) is 2.98. The fraction of sp³-hybridized carbons (Fsp3) is 0.0526. The van der Waals surface area contributed by atoms with Gasteiger partial charge in [0.15, 0.2) is 4.96 Å². The largest absolute Gasteiger partial charge is 0.411 e. The molecule has 26 heavy (non-hydrogen) atoms. The molecule has 2 aromatic heterocycles. The first kappa shape index (κ1) is 17.1. The lowest BCUT2D eigenvalue weighted by atomic mass is 10.0. The Hall–Kier alpha value is -2.34. The lowest BCUT2D eigenvalue weighted by molar-refractivity contribution is 0.318. The van der Waals surface area contributed by atoms with Gasteiger partial charge in [0.25, 0.3) is 0 Å². The maximum atomic E-state index is 9.78. The quantitative estimate of drug-likeness (QED) is 0.267. The van der Waals surface area contributed by atoms with Crippen molar-refractivity contribution < 1.29 is 5.21 Å². The van der Waals surface area contributed by atoms with E-state index in [-0.39, 0.29) is 0 Å². The molecule has 7 heteroatoms. The second-order valence-corrected chi connectivity index (χ2v) is 7.44.